The van der Waals surface area contributed by atoms with Crippen LogP contribution in [0.5, 0.6) is 0 Å². The molecule has 0 amide bonds. The molecule has 13 heavy (non-hydrogen) atoms. The summed E-state index contributed by atoms with van der Waals surface area (Å²) in [4.78, 5) is 5.40. The Bertz CT molecular complexity index is 294. The van der Waals surface area contributed by atoms with Crippen LogP contribution in [0.4, 0.5) is 0 Å². The number of aliphatic hydroxyl groups excluding tert-OH is 1. The molecule has 0 aromatic carbocycles. The van der Waals surface area contributed by atoms with E-state index in [1.165, 1.54) is 30.7 Å². The van der Waals surface area contributed by atoms with Gasteiger partial charge in [-0.15, -0.1) is 11.3 Å². The zero-order valence-electron chi connectivity index (χ0n) is 7.29. The van der Waals surface area contributed by atoms with Gasteiger partial charge in [-0.1, -0.05) is 12.8 Å². The van der Waals surface area contributed by atoms with E-state index in [4.69, 9.17) is 5.11 Å². The summed E-state index contributed by atoms with van der Waals surface area (Å²) in [6.07, 6.45) is 5.20. The summed E-state index contributed by atoms with van der Waals surface area (Å²) in [6.45, 7) is 0.102. The standard InChI is InChI=1S/C9H12BrNOS/c10-8-7(5-12)13-9(11-8)6-3-1-2-4-6/h6,12H,1-5H2. The second kappa shape index (κ2) is 4.07. The zero-order valence-corrected chi connectivity index (χ0v) is 9.70. The Kier molecular flexibility index (Phi) is 3.01. The highest BCUT2D eigenvalue weighted by Gasteiger charge is 2.21. The van der Waals surface area contributed by atoms with Gasteiger partial charge >= 0.3 is 0 Å². The van der Waals surface area contributed by atoms with E-state index >= 15 is 0 Å². The van der Waals surface area contributed by atoms with Gasteiger partial charge in [0.1, 0.15) is 4.60 Å². The van der Waals surface area contributed by atoms with Gasteiger partial charge in [0.15, 0.2) is 0 Å². The maximum absolute atomic E-state index is 9.01. The van der Waals surface area contributed by atoms with Crippen molar-refractivity contribution in [2.75, 3.05) is 0 Å². The monoisotopic (exact) mass is 261 g/mol. The van der Waals surface area contributed by atoms with E-state index in [2.05, 4.69) is 20.9 Å². The number of aliphatic hydroxyl groups is 1. The normalized spacial score (nSPS) is 18.3. The first kappa shape index (κ1) is 9.62. The van der Waals surface area contributed by atoms with Crippen LogP contribution in [0.15, 0.2) is 4.60 Å². The van der Waals surface area contributed by atoms with Crippen LogP contribution in [0.25, 0.3) is 0 Å². The van der Waals surface area contributed by atoms with Gasteiger partial charge in [0.2, 0.25) is 0 Å². The number of thiazole rings is 1. The molecule has 0 spiro atoms. The van der Waals surface area contributed by atoms with Crippen LogP contribution in [0.3, 0.4) is 0 Å². The molecule has 1 aromatic heterocycles. The van der Waals surface area contributed by atoms with E-state index in [1.807, 2.05) is 0 Å². The molecule has 2 rings (SSSR count). The second-order valence-electron chi connectivity index (χ2n) is 3.41. The number of rotatable bonds is 2. The molecule has 72 valence electrons. The Hall–Kier alpha value is 0.0700. The molecular weight excluding hydrogens is 250 g/mol. The number of hydrogen-bond acceptors (Lipinski definition) is 3. The molecule has 1 aliphatic rings. The molecule has 0 unspecified atom stereocenters. The van der Waals surface area contributed by atoms with Crippen molar-refractivity contribution in [1.29, 1.82) is 0 Å². The zero-order chi connectivity index (χ0) is 9.26. The minimum absolute atomic E-state index is 0.102. The first-order chi connectivity index (χ1) is 6.31. The van der Waals surface area contributed by atoms with E-state index < -0.39 is 0 Å². The molecule has 1 saturated carbocycles. The van der Waals surface area contributed by atoms with Crippen LogP contribution >= 0.6 is 27.3 Å². The van der Waals surface area contributed by atoms with Gasteiger partial charge in [-0.25, -0.2) is 4.98 Å². The Balaban J connectivity index is 2.20. The van der Waals surface area contributed by atoms with Crippen molar-refractivity contribution in [3.8, 4) is 0 Å². The molecule has 0 atom stereocenters. The van der Waals surface area contributed by atoms with Crippen molar-refractivity contribution >= 4 is 27.3 Å². The van der Waals surface area contributed by atoms with Crippen LogP contribution in [-0.2, 0) is 6.61 Å². The third kappa shape index (κ3) is 1.95. The molecule has 0 radical (unpaired) electrons. The van der Waals surface area contributed by atoms with Gasteiger partial charge in [0.05, 0.1) is 16.5 Å². The Morgan fingerprint density at radius 1 is 1.46 bits per heavy atom. The lowest BCUT2D eigenvalue weighted by molar-refractivity contribution is 0.284. The number of aromatic nitrogens is 1. The van der Waals surface area contributed by atoms with Crippen molar-refractivity contribution in [1.82, 2.24) is 4.98 Å². The molecule has 4 heteroatoms. The first-order valence-corrected chi connectivity index (χ1v) is 6.18. The summed E-state index contributed by atoms with van der Waals surface area (Å²) in [7, 11) is 0. The second-order valence-corrected chi connectivity index (χ2v) is 5.27. The third-order valence-corrected chi connectivity index (χ3v) is 4.64. The maximum Gasteiger partial charge on any atom is 0.122 e. The maximum atomic E-state index is 9.01. The number of hydrogen-bond donors (Lipinski definition) is 1. The highest BCUT2D eigenvalue weighted by molar-refractivity contribution is 9.10. The predicted octanol–water partition coefficient (Wildman–Crippen LogP) is 3.06. The molecule has 2 nitrogen and oxygen atoms in total. The van der Waals surface area contributed by atoms with E-state index in [9.17, 15) is 0 Å². The average molecular weight is 262 g/mol. The third-order valence-electron chi connectivity index (χ3n) is 2.51. The molecule has 1 N–H and O–H groups in total. The summed E-state index contributed by atoms with van der Waals surface area (Å²) >= 11 is 5.01. The topological polar surface area (TPSA) is 33.1 Å². The fourth-order valence-corrected chi connectivity index (χ4v) is 3.46. The Morgan fingerprint density at radius 3 is 2.69 bits per heavy atom. The Morgan fingerprint density at radius 2 is 2.15 bits per heavy atom. The van der Waals surface area contributed by atoms with Gasteiger partial charge in [-0.3, -0.25) is 0 Å². The molecule has 0 aliphatic heterocycles. The van der Waals surface area contributed by atoms with Crippen molar-refractivity contribution in [2.45, 2.75) is 38.2 Å². The van der Waals surface area contributed by atoms with Crippen molar-refractivity contribution in [3.63, 3.8) is 0 Å². The highest BCUT2D eigenvalue weighted by atomic mass is 79.9. The quantitative estimate of drug-likeness (QED) is 0.888. The fraction of sp³-hybridized carbons (Fsp3) is 0.667. The molecule has 1 aromatic rings. The van der Waals surface area contributed by atoms with Crippen LogP contribution in [-0.4, -0.2) is 10.1 Å². The number of nitrogens with zero attached hydrogens (tertiary/aromatic N) is 1. The van der Waals surface area contributed by atoms with Crippen molar-refractivity contribution in [3.05, 3.63) is 14.5 Å². The average Bonchev–Trinajstić information content (AvgIpc) is 2.71. The molecule has 1 heterocycles. The summed E-state index contributed by atoms with van der Waals surface area (Å²) in [5.74, 6) is 0.654. The van der Waals surface area contributed by atoms with Crippen LogP contribution in [0.2, 0.25) is 0 Å². The van der Waals surface area contributed by atoms with E-state index in [-0.39, 0.29) is 6.61 Å². The van der Waals surface area contributed by atoms with Crippen LogP contribution in [0.1, 0.15) is 41.5 Å². The van der Waals surface area contributed by atoms with Gasteiger partial charge < -0.3 is 5.11 Å². The first-order valence-electron chi connectivity index (χ1n) is 4.57. The van der Waals surface area contributed by atoms with Gasteiger partial charge in [0, 0.05) is 5.92 Å². The predicted molar refractivity (Wildman–Crippen MR) is 56.9 cm³/mol. The summed E-state index contributed by atoms with van der Waals surface area (Å²) < 4.78 is 0.835. The lowest BCUT2D eigenvalue weighted by Gasteiger charge is -2.01. The van der Waals surface area contributed by atoms with Gasteiger partial charge in [0.25, 0.3) is 0 Å². The molecule has 1 fully saturated rings. The van der Waals surface area contributed by atoms with Crippen molar-refractivity contribution in [2.24, 2.45) is 0 Å². The SMILES string of the molecule is OCc1sc(C2CCCC2)nc1Br. The Labute approximate surface area is 90.1 Å². The van der Waals surface area contributed by atoms with E-state index in [0.29, 0.717) is 5.92 Å². The van der Waals surface area contributed by atoms with Crippen molar-refractivity contribution < 1.29 is 5.11 Å². The minimum Gasteiger partial charge on any atom is -0.391 e. The molecule has 1 aliphatic carbocycles. The van der Waals surface area contributed by atoms with E-state index in [0.717, 1.165) is 9.48 Å². The lowest BCUT2D eigenvalue weighted by Crippen LogP contribution is -1.89. The lowest BCUT2D eigenvalue weighted by atomic mass is 10.1. The minimum atomic E-state index is 0.102. The molecular formula is C9H12BrNOS. The summed E-state index contributed by atoms with van der Waals surface area (Å²) in [5.41, 5.74) is 0. The smallest absolute Gasteiger partial charge is 0.122 e. The molecule has 0 bridgehead atoms. The summed E-state index contributed by atoms with van der Waals surface area (Å²) in [6, 6.07) is 0. The van der Waals surface area contributed by atoms with E-state index in [1.54, 1.807) is 11.3 Å². The fourth-order valence-electron chi connectivity index (χ4n) is 1.80. The summed E-state index contributed by atoms with van der Waals surface area (Å²) in [5, 5.41) is 10.2. The highest BCUT2D eigenvalue weighted by Crippen LogP contribution is 2.38. The molecule has 0 saturated heterocycles. The van der Waals surface area contributed by atoms with Crippen LogP contribution < -0.4 is 0 Å². The number of halogens is 1. The largest absolute Gasteiger partial charge is 0.391 e. The van der Waals surface area contributed by atoms with Gasteiger partial charge in [-0.05, 0) is 28.8 Å². The van der Waals surface area contributed by atoms with Gasteiger partial charge in [-0.2, -0.15) is 0 Å². The van der Waals surface area contributed by atoms with Crippen LogP contribution in [0, 0.1) is 0 Å².